The smallest absolute Gasteiger partial charge is 0.0740 e. The van der Waals surface area contributed by atoms with E-state index in [-0.39, 0.29) is 6.04 Å². The van der Waals surface area contributed by atoms with Gasteiger partial charge in [0, 0.05) is 15.5 Å². The Hall–Kier alpha value is -6.22. The number of hydrogen-bond acceptors (Lipinski definition) is 2. The SMILES string of the molecule is C=C/C(=C\C=C/C)C1=CC(c2ccc(-c3ccc4c(c3)C3(c5ccccc5-4)c4ccccc4-c4sc(C=C)c(/C=C\C)c43)cc2)=CC(c2ccccc2)N1. The molecular formula is C52H41NS. The van der Waals surface area contributed by atoms with Crippen molar-refractivity contribution in [3.05, 3.63) is 232 Å². The third kappa shape index (κ3) is 5.13. The van der Waals surface area contributed by atoms with Crippen LogP contribution in [0.2, 0.25) is 0 Å². The first-order valence-corrected chi connectivity index (χ1v) is 19.5. The van der Waals surface area contributed by atoms with Crippen LogP contribution in [0.1, 0.15) is 63.7 Å². The molecule has 0 bridgehead atoms. The van der Waals surface area contributed by atoms with E-state index in [9.17, 15) is 0 Å². The first-order chi connectivity index (χ1) is 26.6. The minimum absolute atomic E-state index is 0.0368. The predicted octanol–water partition coefficient (Wildman–Crippen LogP) is 13.7. The summed E-state index contributed by atoms with van der Waals surface area (Å²) in [4.78, 5) is 2.57. The highest BCUT2D eigenvalue weighted by molar-refractivity contribution is 7.17. The van der Waals surface area contributed by atoms with E-state index in [1.165, 1.54) is 82.1 Å². The topological polar surface area (TPSA) is 12.0 Å². The first kappa shape index (κ1) is 33.6. The molecule has 2 aliphatic carbocycles. The van der Waals surface area contributed by atoms with Gasteiger partial charge in [0.25, 0.3) is 0 Å². The maximum absolute atomic E-state index is 4.24. The van der Waals surface area contributed by atoms with Crippen molar-refractivity contribution < 1.29 is 0 Å². The first-order valence-electron chi connectivity index (χ1n) is 18.7. The molecule has 9 rings (SSSR count). The largest absolute Gasteiger partial charge is 0.374 e. The number of hydrogen-bond donors (Lipinski definition) is 1. The van der Waals surface area contributed by atoms with Crippen molar-refractivity contribution in [1.29, 1.82) is 0 Å². The van der Waals surface area contributed by atoms with E-state index in [1.807, 2.05) is 36.5 Å². The van der Waals surface area contributed by atoms with Gasteiger partial charge < -0.3 is 5.32 Å². The molecule has 0 amide bonds. The van der Waals surface area contributed by atoms with Gasteiger partial charge in [-0.2, -0.15) is 0 Å². The maximum atomic E-state index is 4.24. The quantitative estimate of drug-likeness (QED) is 0.155. The number of thiophene rings is 1. The number of nitrogens with one attached hydrogen (secondary N) is 1. The lowest BCUT2D eigenvalue weighted by Crippen LogP contribution is -2.26. The molecule has 1 nitrogen and oxygen atoms in total. The fourth-order valence-corrected chi connectivity index (χ4v) is 10.0. The van der Waals surface area contributed by atoms with Crippen LogP contribution in [0.3, 0.4) is 0 Å². The lowest BCUT2D eigenvalue weighted by atomic mass is 9.69. The highest BCUT2D eigenvalue weighted by Gasteiger charge is 2.53. The zero-order valence-electron chi connectivity index (χ0n) is 30.6. The molecule has 2 heterocycles. The van der Waals surface area contributed by atoms with Gasteiger partial charge >= 0.3 is 0 Å². The molecule has 0 radical (unpaired) electrons. The van der Waals surface area contributed by atoms with Gasteiger partial charge in [0.1, 0.15) is 0 Å². The van der Waals surface area contributed by atoms with Gasteiger partial charge in [-0.25, -0.2) is 0 Å². The van der Waals surface area contributed by atoms with Crippen molar-refractivity contribution in [3.8, 4) is 32.7 Å². The van der Waals surface area contributed by atoms with Crippen LogP contribution in [-0.2, 0) is 5.41 Å². The summed E-state index contributed by atoms with van der Waals surface area (Å²) < 4.78 is 0. The van der Waals surface area contributed by atoms with E-state index in [4.69, 9.17) is 0 Å². The molecule has 1 aliphatic heterocycles. The Morgan fingerprint density at radius 1 is 0.704 bits per heavy atom. The number of fused-ring (bicyclic) bond motifs is 10. The van der Waals surface area contributed by atoms with Crippen molar-refractivity contribution >= 4 is 29.1 Å². The van der Waals surface area contributed by atoms with Crippen LogP contribution in [0, 0.1) is 0 Å². The highest BCUT2D eigenvalue weighted by Crippen LogP contribution is 2.66. The molecule has 5 aromatic carbocycles. The Labute approximate surface area is 323 Å². The molecule has 0 fully saturated rings. The van der Waals surface area contributed by atoms with Gasteiger partial charge in [-0.1, -0.05) is 171 Å². The second-order valence-electron chi connectivity index (χ2n) is 14.0. The van der Waals surface area contributed by atoms with E-state index in [1.54, 1.807) is 0 Å². The van der Waals surface area contributed by atoms with Gasteiger partial charge in [-0.3, -0.25) is 0 Å². The van der Waals surface area contributed by atoms with Gasteiger partial charge in [0.05, 0.1) is 11.5 Å². The minimum atomic E-state index is -0.419. The lowest BCUT2D eigenvalue weighted by Gasteiger charge is -2.31. The third-order valence-electron chi connectivity index (χ3n) is 11.2. The third-order valence-corrected chi connectivity index (χ3v) is 12.4. The molecule has 260 valence electrons. The van der Waals surface area contributed by atoms with Crippen LogP contribution in [0.5, 0.6) is 0 Å². The number of dihydropyridines is 1. The second kappa shape index (κ2) is 13.6. The molecule has 3 aliphatic rings. The average Bonchev–Trinajstić information content (AvgIpc) is 3.84. The summed E-state index contributed by atoms with van der Waals surface area (Å²) in [6.45, 7) is 12.5. The fourth-order valence-electron chi connectivity index (χ4n) is 8.81. The van der Waals surface area contributed by atoms with Gasteiger partial charge in [0.2, 0.25) is 0 Å². The molecule has 0 saturated carbocycles. The lowest BCUT2D eigenvalue weighted by molar-refractivity contribution is 0.717. The van der Waals surface area contributed by atoms with E-state index < -0.39 is 5.41 Å². The van der Waals surface area contributed by atoms with E-state index in [0.717, 1.165) is 11.3 Å². The van der Waals surface area contributed by atoms with Crippen molar-refractivity contribution in [2.24, 2.45) is 0 Å². The van der Waals surface area contributed by atoms with E-state index >= 15 is 0 Å². The van der Waals surface area contributed by atoms with Crippen LogP contribution in [-0.4, -0.2) is 0 Å². The van der Waals surface area contributed by atoms with Crippen LogP contribution < -0.4 is 5.32 Å². The molecule has 1 aromatic heterocycles. The summed E-state index contributed by atoms with van der Waals surface area (Å²) in [6, 6.07) is 45.0. The monoisotopic (exact) mass is 711 g/mol. The molecule has 1 N–H and O–H groups in total. The van der Waals surface area contributed by atoms with Crippen LogP contribution in [0.4, 0.5) is 0 Å². The molecule has 0 saturated heterocycles. The van der Waals surface area contributed by atoms with Crippen molar-refractivity contribution in [1.82, 2.24) is 5.32 Å². The summed E-state index contributed by atoms with van der Waals surface area (Å²) in [5.41, 5.74) is 18.4. The minimum Gasteiger partial charge on any atom is -0.374 e. The van der Waals surface area contributed by atoms with E-state index in [2.05, 4.69) is 183 Å². The fraction of sp³-hybridized carbons (Fsp3) is 0.0769. The van der Waals surface area contributed by atoms with Crippen molar-refractivity contribution in [2.45, 2.75) is 25.3 Å². The summed E-state index contributed by atoms with van der Waals surface area (Å²) in [7, 11) is 0. The number of allylic oxidation sites excluding steroid dienone is 7. The zero-order valence-corrected chi connectivity index (χ0v) is 31.5. The number of benzene rings is 5. The van der Waals surface area contributed by atoms with Gasteiger partial charge in [0.15, 0.2) is 0 Å². The second-order valence-corrected chi connectivity index (χ2v) is 15.1. The van der Waals surface area contributed by atoms with Crippen LogP contribution in [0.15, 0.2) is 188 Å². The molecule has 54 heavy (non-hydrogen) atoms. The molecule has 6 aromatic rings. The maximum Gasteiger partial charge on any atom is 0.0740 e. The average molecular weight is 712 g/mol. The molecular weight excluding hydrogens is 671 g/mol. The predicted molar refractivity (Wildman–Crippen MR) is 232 cm³/mol. The van der Waals surface area contributed by atoms with E-state index in [0.29, 0.717) is 0 Å². The Bertz CT molecular complexity index is 2620. The van der Waals surface area contributed by atoms with Gasteiger partial charge in [-0.05, 0) is 110 Å². The molecule has 2 heteroatoms. The van der Waals surface area contributed by atoms with Crippen molar-refractivity contribution in [3.63, 3.8) is 0 Å². The van der Waals surface area contributed by atoms with Crippen LogP contribution in [0.25, 0.3) is 50.4 Å². The Kier molecular flexibility index (Phi) is 8.49. The summed E-state index contributed by atoms with van der Waals surface area (Å²) >= 11 is 1.87. The van der Waals surface area contributed by atoms with Gasteiger partial charge in [-0.15, -0.1) is 11.3 Å². The summed E-state index contributed by atoms with van der Waals surface area (Å²) in [5, 5.41) is 3.76. The molecule has 2 atom stereocenters. The number of rotatable bonds is 8. The Morgan fingerprint density at radius 2 is 1.37 bits per heavy atom. The molecule has 1 spiro atoms. The normalized spacial score (nSPS) is 18.2. The zero-order chi connectivity index (χ0) is 36.8. The standard InChI is InChI=1S/C52H41NS/c1-5-9-18-34(7-3)47-32-39(33-48(53-47)37-19-11-10-12-20-37)36-27-25-35(26-28-36)38-29-30-41-40-21-13-15-23-44(40)52(46(41)31-38)45-24-16-14-22-42(45)51-50(52)43(17-6-2)49(8-4)54-51/h5-33,48,53H,3-4H2,1-2H3/b9-5-,17-6-,34-18+. The van der Waals surface area contributed by atoms with Crippen molar-refractivity contribution in [2.75, 3.05) is 0 Å². The van der Waals surface area contributed by atoms with Crippen LogP contribution >= 0.6 is 11.3 Å². The molecule has 2 unspecified atom stereocenters. The summed E-state index contributed by atoms with van der Waals surface area (Å²) in [5.74, 6) is 0. The highest BCUT2D eigenvalue weighted by atomic mass is 32.1. The summed E-state index contributed by atoms with van der Waals surface area (Å²) in [6.07, 6.45) is 19.2. The Balaban J connectivity index is 1.18. The Morgan fingerprint density at radius 3 is 2.09 bits per heavy atom.